The van der Waals surface area contributed by atoms with Crippen LogP contribution in [0.5, 0.6) is 0 Å². The van der Waals surface area contributed by atoms with Crippen molar-refractivity contribution in [3.05, 3.63) is 95.8 Å². The van der Waals surface area contributed by atoms with Crippen LogP contribution in [0.25, 0.3) is 11.4 Å². The highest BCUT2D eigenvalue weighted by Crippen LogP contribution is 2.14. The van der Waals surface area contributed by atoms with Crippen molar-refractivity contribution >= 4 is 5.78 Å². The van der Waals surface area contributed by atoms with Crippen molar-refractivity contribution in [3.63, 3.8) is 0 Å². The van der Waals surface area contributed by atoms with Crippen molar-refractivity contribution in [3.8, 4) is 11.4 Å². The molecule has 0 aliphatic carbocycles. The van der Waals surface area contributed by atoms with Crippen molar-refractivity contribution in [2.75, 3.05) is 0 Å². The number of halogens is 1. The predicted octanol–water partition coefficient (Wildman–Crippen LogP) is -0.0692. The summed E-state index contributed by atoms with van der Waals surface area (Å²) in [5, 5.41) is 12.4. The van der Waals surface area contributed by atoms with E-state index in [4.69, 9.17) is 0 Å². The number of pyridine rings is 1. The summed E-state index contributed by atoms with van der Waals surface area (Å²) in [5.41, 5.74) is 3.48. The van der Waals surface area contributed by atoms with E-state index in [1.807, 2.05) is 78.5 Å². The number of aryl methyl sites for hydroxylation is 1. The van der Waals surface area contributed by atoms with Crippen molar-refractivity contribution in [1.82, 2.24) is 20.2 Å². The number of benzene rings is 2. The molecule has 2 heterocycles. The fourth-order valence-electron chi connectivity index (χ4n) is 2.93. The van der Waals surface area contributed by atoms with Gasteiger partial charge in [-0.2, -0.15) is 4.80 Å². The molecule has 0 aliphatic heterocycles. The fourth-order valence-corrected chi connectivity index (χ4v) is 2.93. The van der Waals surface area contributed by atoms with Gasteiger partial charge in [-0.3, -0.25) is 4.79 Å². The van der Waals surface area contributed by atoms with E-state index < -0.39 is 0 Å². The van der Waals surface area contributed by atoms with Crippen LogP contribution >= 0.6 is 0 Å². The minimum atomic E-state index is 0. The minimum absolute atomic E-state index is 0. The molecule has 29 heavy (non-hydrogen) atoms. The third kappa shape index (κ3) is 4.81. The maximum atomic E-state index is 12.5. The van der Waals surface area contributed by atoms with Crippen LogP contribution in [0.4, 0.5) is 0 Å². The van der Waals surface area contributed by atoms with Crippen LogP contribution < -0.4 is 21.5 Å². The van der Waals surface area contributed by atoms with E-state index in [0.717, 1.165) is 17.7 Å². The Morgan fingerprint density at radius 3 is 2.21 bits per heavy atom. The lowest BCUT2D eigenvalue weighted by Crippen LogP contribution is -3.00. The summed E-state index contributed by atoms with van der Waals surface area (Å²) >= 11 is 0. The molecular formula is C22H20BrN5O. The Kier molecular flexibility index (Phi) is 6.61. The third-order valence-corrected chi connectivity index (χ3v) is 4.50. The largest absolute Gasteiger partial charge is 1.00 e. The Hall–Kier alpha value is -3.19. The number of nitrogens with zero attached hydrogens (tertiary/aromatic N) is 5. The summed E-state index contributed by atoms with van der Waals surface area (Å²) in [6, 6.07) is 21.1. The molecule has 4 aromatic rings. The summed E-state index contributed by atoms with van der Waals surface area (Å²) in [6.07, 6.45) is 3.86. The first-order chi connectivity index (χ1) is 13.7. The number of hydrogen-bond donors (Lipinski definition) is 0. The Balaban J connectivity index is 0.00000240. The standard InChI is InChI=1S/C22H20N5O.BrH/c1-2-27-24-22(23-25-27)20-10-8-17(9-11-20)16-26-14-12-19(13-15-26)21(28)18-6-4-3-5-7-18;/h3-15H,2,16H2,1H3;1H/q+1;/p-1. The number of tetrazole rings is 1. The van der Waals surface area contributed by atoms with Gasteiger partial charge in [0.2, 0.25) is 5.82 Å². The molecule has 146 valence electrons. The van der Waals surface area contributed by atoms with Crippen LogP contribution in [-0.2, 0) is 13.1 Å². The molecule has 0 spiro atoms. The number of rotatable bonds is 6. The second-order valence-electron chi connectivity index (χ2n) is 6.45. The summed E-state index contributed by atoms with van der Waals surface area (Å²) in [7, 11) is 0. The summed E-state index contributed by atoms with van der Waals surface area (Å²) in [4.78, 5) is 14.1. The van der Waals surface area contributed by atoms with Gasteiger partial charge in [-0.25, -0.2) is 4.57 Å². The van der Waals surface area contributed by atoms with Crippen molar-refractivity contribution < 1.29 is 26.3 Å². The first-order valence-electron chi connectivity index (χ1n) is 9.19. The fraction of sp³-hybridized carbons (Fsp3) is 0.136. The van der Waals surface area contributed by atoms with Crippen LogP contribution in [-0.4, -0.2) is 26.0 Å². The first kappa shape index (κ1) is 20.5. The van der Waals surface area contributed by atoms with Crippen LogP contribution in [0.1, 0.15) is 28.4 Å². The van der Waals surface area contributed by atoms with Crippen LogP contribution in [0.2, 0.25) is 0 Å². The number of ketones is 1. The second-order valence-corrected chi connectivity index (χ2v) is 6.45. The SMILES string of the molecule is CCn1nnc(-c2ccc(C[n+]3ccc(C(=O)c4ccccc4)cc3)cc2)n1.[Br-]. The molecule has 4 rings (SSSR count). The summed E-state index contributed by atoms with van der Waals surface area (Å²) in [6.45, 7) is 3.39. The molecule has 0 radical (unpaired) electrons. The molecule has 0 N–H and O–H groups in total. The van der Waals surface area contributed by atoms with E-state index in [0.29, 0.717) is 23.5 Å². The van der Waals surface area contributed by atoms with Gasteiger partial charge in [-0.1, -0.05) is 54.6 Å². The first-order valence-corrected chi connectivity index (χ1v) is 9.19. The van der Waals surface area contributed by atoms with E-state index in [9.17, 15) is 4.79 Å². The number of carbonyl (C=O) groups is 1. The molecule has 6 nitrogen and oxygen atoms in total. The average Bonchev–Trinajstić information content (AvgIpc) is 3.24. The van der Waals surface area contributed by atoms with Crippen LogP contribution in [0.15, 0.2) is 79.1 Å². The lowest BCUT2D eigenvalue weighted by atomic mass is 10.0. The molecule has 2 aromatic carbocycles. The van der Waals surface area contributed by atoms with Gasteiger partial charge in [0.15, 0.2) is 24.7 Å². The lowest BCUT2D eigenvalue weighted by molar-refractivity contribution is -0.688. The minimum Gasteiger partial charge on any atom is -1.00 e. The molecule has 0 unspecified atom stereocenters. The normalized spacial score (nSPS) is 10.4. The zero-order valence-corrected chi connectivity index (χ0v) is 17.5. The Bertz CT molecular complexity index is 1080. The molecule has 0 amide bonds. The average molecular weight is 450 g/mol. The van der Waals surface area contributed by atoms with E-state index in [-0.39, 0.29) is 22.8 Å². The topological polar surface area (TPSA) is 64.6 Å². The second kappa shape index (κ2) is 9.34. The number of carbonyl (C=O) groups excluding carboxylic acids is 1. The van der Waals surface area contributed by atoms with Gasteiger partial charge in [0.1, 0.15) is 0 Å². The van der Waals surface area contributed by atoms with Gasteiger partial charge in [-0.05, 0) is 12.1 Å². The van der Waals surface area contributed by atoms with Crippen LogP contribution in [0, 0.1) is 0 Å². The summed E-state index contributed by atoms with van der Waals surface area (Å²) < 4.78 is 2.04. The Labute approximate surface area is 179 Å². The van der Waals surface area contributed by atoms with E-state index >= 15 is 0 Å². The molecule has 0 bridgehead atoms. The molecule has 0 aliphatic rings. The van der Waals surface area contributed by atoms with Gasteiger partial charge in [0.05, 0.1) is 6.54 Å². The third-order valence-electron chi connectivity index (χ3n) is 4.50. The Morgan fingerprint density at radius 1 is 0.931 bits per heavy atom. The quantitative estimate of drug-likeness (QED) is 0.305. The van der Waals surface area contributed by atoms with Gasteiger partial charge >= 0.3 is 0 Å². The van der Waals surface area contributed by atoms with Gasteiger partial charge in [0.25, 0.3) is 0 Å². The highest BCUT2D eigenvalue weighted by Gasteiger charge is 2.11. The maximum absolute atomic E-state index is 12.5. The van der Waals surface area contributed by atoms with Crippen molar-refractivity contribution in [2.45, 2.75) is 20.0 Å². The van der Waals surface area contributed by atoms with E-state index in [2.05, 4.69) is 27.5 Å². The number of aromatic nitrogens is 5. The molecule has 7 heteroatoms. The molecule has 0 saturated carbocycles. The van der Waals surface area contributed by atoms with Crippen LogP contribution in [0.3, 0.4) is 0 Å². The molecule has 0 fully saturated rings. The predicted molar refractivity (Wildman–Crippen MR) is 105 cm³/mol. The molecule has 0 saturated heterocycles. The van der Waals surface area contributed by atoms with E-state index in [1.165, 1.54) is 0 Å². The molecule has 2 aromatic heterocycles. The highest BCUT2D eigenvalue weighted by molar-refractivity contribution is 6.08. The smallest absolute Gasteiger partial charge is 0.204 e. The van der Waals surface area contributed by atoms with Gasteiger partial charge < -0.3 is 17.0 Å². The summed E-state index contributed by atoms with van der Waals surface area (Å²) in [5.74, 6) is 0.662. The van der Waals surface area contributed by atoms with Gasteiger partial charge in [0, 0.05) is 34.4 Å². The molecular weight excluding hydrogens is 430 g/mol. The Morgan fingerprint density at radius 2 is 1.59 bits per heavy atom. The number of hydrogen-bond acceptors (Lipinski definition) is 4. The van der Waals surface area contributed by atoms with E-state index in [1.54, 1.807) is 4.80 Å². The zero-order valence-electron chi connectivity index (χ0n) is 15.9. The molecule has 0 atom stereocenters. The monoisotopic (exact) mass is 449 g/mol. The van der Waals surface area contributed by atoms with Crippen molar-refractivity contribution in [2.24, 2.45) is 0 Å². The maximum Gasteiger partial charge on any atom is 0.204 e. The lowest BCUT2D eigenvalue weighted by Gasteiger charge is -2.02. The van der Waals surface area contributed by atoms with Crippen molar-refractivity contribution in [1.29, 1.82) is 0 Å². The highest BCUT2D eigenvalue weighted by atomic mass is 79.9. The zero-order chi connectivity index (χ0) is 19.3. The van der Waals surface area contributed by atoms with Gasteiger partial charge in [-0.15, -0.1) is 10.2 Å².